The molecular formula is C9H15FN+. The van der Waals surface area contributed by atoms with E-state index in [1.165, 1.54) is 0 Å². The summed E-state index contributed by atoms with van der Waals surface area (Å²) in [4.78, 5) is 0. The Hall–Kier alpha value is -0.550. The molecule has 0 bridgehead atoms. The Kier molecular flexibility index (Phi) is 2.20. The number of quaternary nitrogens is 1. The first kappa shape index (κ1) is 8.55. The molecule has 0 aliphatic heterocycles. The fraction of sp³-hybridized carbons (Fsp3) is 0.778. The molecule has 1 saturated carbocycles. The first-order chi connectivity index (χ1) is 5.08. The monoisotopic (exact) mass is 156 g/mol. The van der Waals surface area contributed by atoms with Crippen molar-refractivity contribution >= 4 is 0 Å². The van der Waals surface area contributed by atoms with Crippen LogP contribution in [0.4, 0.5) is 4.39 Å². The molecular weight excluding hydrogens is 141 g/mol. The second-order valence-electron chi connectivity index (χ2n) is 3.80. The SMILES string of the molecule is C#CC[N+](C)(C)C1CC[C@H]1F. The molecule has 0 spiro atoms. The van der Waals surface area contributed by atoms with Crippen molar-refractivity contribution in [2.75, 3.05) is 20.6 Å². The average molecular weight is 156 g/mol. The number of terminal acetylenes is 1. The van der Waals surface area contributed by atoms with Gasteiger partial charge in [-0.3, -0.25) is 0 Å². The van der Waals surface area contributed by atoms with Crippen LogP contribution in [0, 0.1) is 12.3 Å². The average Bonchev–Trinajstić information content (AvgIpc) is 1.83. The maximum atomic E-state index is 12.9. The molecule has 0 aromatic carbocycles. The van der Waals surface area contributed by atoms with E-state index in [0.717, 1.165) is 12.8 Å². The summed E-state index contributed by atoms with van der Waals surface area (Å²) in [5.41, 5.74) is 0. The van der Waals surface area contributed by atoms with Gasteiger partial charge in [-0.1, -0.05) is 0 Å². The van der Waals surface area contributed by atoms with Gasteiger partial charge >= 0.3 is 0 Å². The predicted molar refractivity (Wildman–Crippen MR) is 43.7 cm³/mol. The molecule has 11 heavy (non-hydrogen) atoms. The quantitative estimate of drug-likeness (QED) is 0.416. The molecule has 2 heteroatoms. The minimum Gasteiger partial charge on any atom is -0.314 e. The molecule has 0 aromatic rings. The number of hydrogen-bond acceptors (Lipinski definition) is 0. The van der Waals surface area contributed by atoms with Crippen molar-refractivity contribution in [1.82, 2.24) is 0 Å². The van der Waals surface area contributed by atoms with E-state index in [2.05, 4.69) is 5.92 Å². The highest BCUT2D eigenvalue weighted by Gasteiger charge is 2.42. The van der Waals surface area contributed by atoms with Crippen LogP contribution >= 0.6 is 0 Å². The van der Waals surface area contributed by atoms with Crippen molar-refractivity contribution < 1.29 is 8.87 Å². The molecule has 0 N–H and O–H groups in total. The maximum Gasteiger partial charge on any atom is 0.152 e. The summed E-state index contributed by atoms with van der Waals surface area (Å²) < 4.78 is 13.6. The smallest absolute Gasteiger partial charge is 0.152 e. The van der Waals surface area contributed by atoms with E-state index >= 15 is 0 Å². The first-order valence-corrected chi connectivity index (χ1v) is 3.98. The lowest BCUT2D eigenvalue weighted by atomic mass is 9.88. The molecule has 1 unspecified atom stereocenters. The number of nitrogens with zero attached hydrogens (tertiary/aromatic N) is 1. The van der Waals surface area contributed by atoms with Crippen LogP contribution in [0.1, 0.15) is 12.8 Å². The van der Waals surface area contributed by atoms with Crippen LogP contribution in [0.15, 0.2) is 0 Å². The highest BCUT2D eigenvalue weighted by atomic mass is 19.1. The van der Waals surface area contributed by atoms with E-state index in [0.29, 0.717) is 11.0 Å². The molecule has 0 amide bonds. The summed E-state index contributed by atoms with van der Waals surface area (Å²) >= 11 is 0. The summed E-state index contributed by atoms with van der Waals surface area (Å²) in [6.45, 7) is 0.630. The summed E-state index contributed by atoms with van der Waals surface area (Å²) in [6.07, 6.45) is 6.26. The number of hydrogen-bond donors (Lipinski definition) is 0. The summed E-state index contributed by atoms with van der Waals surface area (Å²) in [7, 11) is 3.99. The Balaban J connectivity index is 2.51. The Morgan fingerprint density at radius 2 is 2.18 bits per heavy atom. The van der Waals surface area contributed by atoms with Gasteiger partial charge in [0.25, 0.3) is 0 Å². The second-order valence-corrected chi connectivity index (χ2v) is 3.80. The molecule has 1 nitrogen and oxygen atoms in total. The minimum atomic E-state index is -0.627. The zero-order valence-electron chi connectivity index (χ0n) is 7.18. The fourth-order valence-electron chi connectivity index (χ4n) is 1.58. The van der Waals surface area contributed by atoms with Crippen LogP contribution in [-0.2, 0) is 0 Å². The standard InChI is InChI=1S/C9H15FN/c1-4-7-11(2,3)9-6-5-8(9)10/h1,8-9H,5-7H2,2-3H3/q+1/t8-,9?/m1/s1. The van der Waals surface area contributed by atoms with Crippen molar-refractivity contribution in [2.24, 2.45) is 0 Å². The molecule has 1 aliphatic carbocycles. The third-order valence-electron chi connectivity index (χ3n) is 2.55. The minimum absolute atomic E-state index is 0.144. The fourth-order valence-corrected chi connectivity index (χ4v) is 1.58. The van der Waals surface area contributed by atoms with Crippen LogP contribution in [-0.4, -0.2) is 37.3 Å². The normalized spacial score (nSPS) is 30.7. The molecule has 0 saturated heterocycles. The van der Waals surface area contributed by atoms with Crippen LogP contribution in [0.5, 0.6) is 0 Å². The lowest BCUT2D eigenvalue weighted by Gasteiger charge is -2.43. The molecule has 2 atom stereocenters. The van der Waals surface area contributed by atoms with Crippen molar-refractivity contribution in [2.45, 2.75) is 25.1 Å². The van der Waals surface area contributed by atoms with Crippen molar-refractivity contribution in [1.29, 1.82) is 0 Å². The summed E-state index contributed by atoms with van der Waals surface area (Å²) in [6, 6.07) is 0.144. The van der Waals surface area contributed by atoms with Gasteiger partial charge in [-0.2, -0.15) is 0 Å². The Morgan fingerprint density at radius 1 is 1.55 bits per heavy atom. The molecule has 62 valence electrons. The van der Waals surface area contributed by atoms with E-state index in [1.807, 2.05) is 14.1 Å². The lowest BCUT2D eigenvalue weighted by Crippen LogP contribution is -2.58. The van der Waals surface area contributed by atoms with Gasteiger partial charge in [0.05, 0.1) is 14.1 Å². The van der Waals surface area contributed by atoms with Crippen LogP contribution in [0.25, 0.3) is 0 Å². The van der Waals surface area contributed by atoms with Crippen molar-refractivity contribution in [3.05, 3.63) is 0 Å². The van der Waals surface area contributed by atoms with E-state index in [9.17, 15) is 4.39 Å². The second kappa shape index (κ2) is 2.83. The third kappa shape index (κ3) is 1.54. The van der Waals surface area contributed by atoms with E-state index in [4.69, 9.17) is 6.42 Å². The van der Waals surface area contributed by atoms with Crippen LogP contribution < -0.4 is 0 Å². The molecule has 0 aromatic heterocycles. The van der Waals surface area contributed by atoms with Gasteiger partial charge in [-0.15, -0.1) is 6.42 Å². The number of halogens is 1. The van der Waals surface area contributed by atoms with Crippen LogP contribution in [0.2, 0.25) is 0 Å². The van der Waals surface area contributed by atoms with Gasteiger partial charge in [0.1, 0.15) is 12.6 Å². The molecule has 0 heterocycles. The lowest BCUT2D eigenvalue weighted by molar-refractivity contribution is -0.917. The Bertz CT molecular complexity index is 180. The largest absolute Gasteiger partial charge is 0.314 e. The molecule has 1 aliphatic rings. The van der Waals surface area contributed by atoms with E-state index < -0.39 is 6.17 Å². The molecule has 1 fully saturated rings. The topological polar surface area (TPSA) is 0 Å². The van der Waals surface area contributed by atoms with Gasteiger partial charge < -0.3 is 4.48 Å². The van der Waals surface area contributed by atoms with Gasteiger partial charge in [0.15, 0.2) is 6.17 Å². The van der Waals surface area contributed by atoms with Gasteiger partial charge in [0.2, 0.25) is 0 Å². The van der Waals surface area contributed by atoms with Crippen molar-refractivity contribution in [3.8, 4) is 12.3 Å². The van der Waals surface area contributed by atoms with Crippen molar-refractivity contribution in [3.63, 3.8) is 0 Å². The zero-order chi connectivity index (χ0) is 8.48. The van der Waals surface area contributed by atoms with Crippen LogP contribution in [0.3, 0.4) is 0 Å². The molecule has 0 radical (unpaired) electrons. The number of alkyl halides is 1. The van der Waals surface area contributed by atoms with E-state index in [1.54, 1.807) is 0 Å². The van der Waals surface area contributed by atoms with Gasteiger partial charge in [-0.05, 0) is 12.3 Å². The Labute approximate surface area is 67.8 Å². The third-order valence-corrected chi connectivity index (χ3v) is 2.55. The zero-order valence-corrected chi connectivity index (χ0v) is 7.18. The predicted octanol–water partition coefficient (Wildman–Crippen LogP) is 1.20. The summed E-state index contributed by atoms with van der Waals surface area (Å²) in [5.74, 6) is 2.58. The molecule has 1 rings (SSSR count). The first-order valence-electron chi connectivity index (χ1n) is 3.98. The van der Waals surface area contributed by atoms with E-state index in [-0.39, 0.29) is 6.04 Å². The Morgan fingerprint density at radius 3 is 2.45 bits per heavy atom. The highest BCUT2D eigenvalue weighted by Crippen LogP contribution is 2.31. The van der Waals surface area contributed by atoms with Gasteiger partial charge in [-0.25, -0.2) is 4.39 Å². The van der Waals surface area contributed by atoms with Gasteiger partial charge in [0, 0.05) is 6.42 Å². The maximum absolute atomic E-state index is 12.9. The summed E-state index contributed by atoms with van der Waals surface area (Å²) in [5, 5.41) is 0. The number of rotatable bonds is 2. The highest BCUT2D eigenvalue weighted by molar-refractivity contribution is 4.88.